The fraction of sp³-hybridized carbons (Fsp3) is 0.381. The molecule has 1 heterocycles. The zero-order chi connectivity index (χ0) is 20.4. The van der Waals surface area contributed by atoms with E-state index in [0.717, 1.165) is 16.8 Å². The van der Waals surface area contributed by atoms with Crippen LogP contribution in [-0.2, 0) is 15.9 Å². The van der Waals surface area contributed by atoms with Gasteiger partial charge in [0.1, 0.15) is 5.75 Å². The normalized spacial score (nSPS) is 17.2. The molecule has 7 heteroatoms. The van der Waals surface area contributed by atoms with Crippen molar-refractivity contribution in [2.24, 2.45) is 0 Å². The van der Waals surface area contributed by atoms with Crippen molar-refractivity contribution in [3.8, 4) is 5.75 Å². The second-order valence-corrected chi connectivity index (χ2v) is 7.87. The highest BCUT2D eigenvalue weighted by Crippen LogP contribution is 2.36. The highest BCUT2D eigenvalue weighted by molar-refractivity contribution is 6.62. The predicted octanol–water partition coefficient (Wildman–Crippen LogP) is 3.81. The molecular formula is C21H31BN2O4. The van der Waals surface area contributed by atoms with Gasteiger partial charge in [0, 0.05) is 15.1 Å². The average Bonchev–Trinajstić information content (AvgIpc) is 2.88. The third-order valence-corrected chi connectivity index (χ3v) is 5.31. The van der Waals surface area contributed by atoms with Gasteiger partial charge >= 0.3 is 13.1 Å². The molecule has 0 unspecified atom stereocenters. The number of rotatable bonds is 5. The van der Waals surface area contributed by atoms with E-state index in [4.69, 9.17) is 14.0 Å². The van der Waals surface area contributed by atoms with E-state index in [1.807, 2.05) is 76.2 Å². The minimum atomic E-state index is -0.414. The van der Waals surface area contributed by atoms with Gasteiger partial charge in [0.2, 0.25) is 0 Å². The van der Waals surface area contributed by atoms with Crippen LogP contribution in [-0.4, -0.2) is 31.5 Å². The van der Waals surface area contributed by atoms with Crippen LogP contribution in [0.25, 0.3) is 0 Å². The summed E-state index contributed by atoms with van der Waals surface area (Å²) in [5.41, 5.74) is 1.86. The summed E-state index contributed by atoms with van der Waals surface area (Å²) < 4.78 is 17.2. The summed E-state index contributed by atoms with van der Waals surface area (Å²) in [7, 11) is 1.21. The van der Waals surface area contributed by atoms with Crippen molar-refractivity contribution < 1.29 is 21.7 Å². The van der Waals surface area contributed by atoms with Crippen LogP contribution in [0.5, 0.6) is 5.75 Å². The lowest BCUT2D eigenvalue weighted by atomic mass is 9.79. The van der Waals surface area contributed by atoms with Gasteiger partial charge in [-0.2, -0.15) is 0 Å². The van der Waals surface area contributed by atoms with E-state index in [0.29, 0.717) is 12.2 Å². The van der Waals surface area contributed by atoms with Gasteiger partial charge in [-0.3, -0.25) is 0 Å². The Bertz CT molecular complexity index is 814. The third kappa shape index (κ3) is 4.48. The molecule has 3 rings (SSSR count). The second-order valence-electron chi connectivity index (χ2n) is 7.87. The Balaban J connectivity index is 0.00000225. The standard InChI is InChI=1S/C21H27BN2O4.2H2/c1-20(2)21(3,4)28-22(27-20)16-8-10-17(11-9-16)24-19(25)23-14-15-6-12-18(26-5)13-7-15;;/h6-13H,14H2,1-5H3,(H2,23,24,25);2*1H. The van der Waals surface area contributed by atoms with E-state index in [9.17, 15) is 4.79 Å². The highest BCUT2D eigenvalue weighted by Gasteiger charge is 2.51. The van der Waals surface area contributed by atoms with Crippen LogP contribution in [0.2, 0.25) is 0 Å². The van der Waals surface area contributed by atoms with Crippen LogP contribution in [0.3, 0.4) is 0 Å². The van der Waals surface area contributed by atoms with Crippen molar-refractivity contribution in [2.75, 3.05) is 12.4 Å². The van der Waals surface area contributed by atoms with Crippen molar-refractivity contribution in [2.45, 2.75) is 45.4 Å². The molecule has 0 aliphatic carbocycles. The molecule has 1 aliphatic heterocycles. The molecule has 0 atom stereocenters. The van der Waals surface area contributed by atoms with E-state index in [1.165, 1.54) is 0 Å². The number of methoxy groups -OCH3 is 1. The molecule has 2 aromatic rings. The molecule has 0 saturated carbocycles. The third-order valence-electron chi connectivity index (χ3n) is 5.31. The SMILES string of the molecule is COc1ccc(CNC(=O)Nc2ccc(B3OC(C)(C)C(C)(C)O3)cc2)cc1.[HH].[HH]. The molecule has 152 valence electrons. The van der Waals surface area contributed by atoms with Crippen LogP contribution in [0.1, 0.15) is 36.1 Å². The molecule has 2 amide bonds. The highest BCUT2D eigenvalue weighted by atomic mass is 16.7. The maximum Gasteiger partial charge on any atom is 0.494 e. The summed E-state index contributed by atoms with van der Waals surface area (Å²) in [5, 5.41) is 5.66. The zero-order valence-corrected chi connectivity index (χ0v) is 17.0. The Morgan fingerprint density at radius 2 is 1.57 bits per heavy atom. The molecule has 0 radical (unpaired) electrons. The first-order valence-electron chi connectivity index (χ1n) is 9.33. The van der Waals surface area contributed by atoms with E-state index in [-0.39, 0.29) is 20.1 Å². The Hall–Kier alpha value is -2.51. The maximum absolute atomic E-state index is 12.1. The van der Waals surface area contributed by atoms with Crippen LogP contribution in [0.15, 0.2) is 48.5 Å². The minimum Gasteiger partial charge on any atom is -0.497 e. The van der Waals surface area contributed by atoms with E-state index in [1.54, 1.807) is 7.11 Å². The summed E-state index contributed by atoms with van der Waals surface area (Å²) in [6, 6.07) is 14.8. The number of benzene rings is 2. The number of carbonyl (C=O) groups excluding carboxylic acids is 1. The van der Waals surface area contributed by atoms with Crippen molar-refractivity contribution in [1.29, 1.82) is 0 Å². The van der Waals surface area contributed by atoms with Crippen molar-refractivity contribution >= 4 is 24.3 Å². The molecular weight excluding hydrogens is 355 g/mol. The zero-order valence-electron chi connectivity index (χ0n) is 17.0. The molecule has 2 N–H and O–H groups in total. The summed E-state index contributed by atoms with van der Waals surface area (Å²) in [6.45, 7) is 8.53. The molecule has 0 bridgehead atoms. The Morgan fingerprint density at radius 3 is 2.11 bits per heavy atom. The number of nitrogens with one attached hydrogen (secondary N) is 2. The summed E-state index contributed by atoms with van der Waals surface area (Å²) >= 11 is 0. The minimum absolute atomic E-state index is 0. The number of amides is 2. The first-order valence-corrected chi connectivity index (χ1v) is 9.33. The van der Waals surface area contributed by atoms with Gasteiger partial charge in [-0.05, 0) is 63.0 Å². The largest absolute Gasteiger partial charge is 0.497 e. The van der Waals surface area contributed by atoms with Crippen LogP contribution < -0.4 is 20.8 Å². The van der Waals surface area contributed by atoms with Gasteiger partial charge in [-0.25, -0.2) is 4.79 Å². The van der Waals surface area contributed by atoms with E-state index in [2.05, 4.69) is 10.6 Å². The number of hydrogen-bond acceptors (Lipinski definition) is 4. The van der Waals surface area contributed by atoms with Crippen LogP contribution in [0, 0.1) is 0 Å². The molecule has 0 aromatic heterocycles. The molecule has 1 saturated heterocycles. The van der Waals surface area contributed by atoms with Gasteiger partial charge in [0.25, 0.3) is 0 Å². The van der Waals surface area contributed by atoms with E-state index >= 15 is 0 Å². The number of carbonyl (C=O) groups is 1. The maximum atomic E-state index is 12.1. The Labute approximate surface area is 169 Å². The molecule has 2 aromatic carbocycles. The molecule has 0 spiro atoms. The lowest BCUT2D eigenvalue weighted by molar-refractivity contribution is 0.00578. The number of urea groups is 1. The number of ether oxygens (including phenoxy) is 1. The number of anilines is 1. The van der Waals surface area contributed by atoms with Gasteiger partial charge in [-0.1, -0.05) is 24.3 Å². The fourth-order valence-corrected chi connectivity index (χ4v) is 2.80. The predicted molar refractivity (Wildman–Crippen MR) is 115 cm³/mol. The van der Waals surface area contributed by atoms with Gasteiger partial charge in [-0.15, -0.1) is 0 Å². The first-order chi connectivity index (χ1) is 13.2. The molecule has 1 aliphatic rings. The van der Waals surface area contributed by atoms with Crippen molar-refractivity contribution in [3.63, 3.8) is 0 Å². The van der Waals surface area contributed by atoms with Crippen molar-refractivity contribution in [3.05, 3.63) is 54.1 Å². The quantitative estimate of drug-likeness (QED) is 0.767. The van der Waals surface area contributed by atoms with Crippen molar-refractivity contribution in [1.82, 2.24) is 5.32 Å². The molecule has 28 heavy (non-hydrogen) atoms. The van der Waals surface area contributed by atoms with Gasteiger partial charge < -0.3 is 24.7 Å². The number of hydrogen-bond donors (Lipinski definition) is 2. The lowest BCUT2D eigenvalue weighted by Crippen LogP contribution is -2.41. The smallest absolute Gasteiger partial charge is 0.494 e. The van der Waals surface area contributed by atoms with Gasteiger partial charge in [0.15, 0.2) is 0 Å². The van der Waals surface area contributed by atoms with Crippen LogP contribution in [0.4, 0.5) is 10.5 Å². The summed E-state index contributed by atoms with van der Waals surface area (Å²) in [4.78, 5) is 12.1. The topological polar surface area (TPSA) is 68.8 Å². The van der Waals surface area contributed by atoms with Crippen LogP contribution >= 0.6 is 0 Å². The lowest BCUT2D eigenvalue weighted by Gasteiger charge is -2.32. The fourth-order valence-electron chi connectivity index (χ4n) is 2.80. The van der Waals surface area contributed by atoms with Gasteiger partial charge in [0.05, 0.1) is 18.3 Å². The summed E-state index contributed by atoms with van der Waals surface area (Å²) in [6.07, 6.45) is 0. The Kier molecular flexibility index (Phi) is 5.68. The van der Waals surface area contributed by atoms with E-state index < -0.39 is 7.12 Å². The second kappa shape index (κ2) is 7.85. The molecule has 1 fully saturated rings. The molecule has 6 nitrogen and oxygen atoms in total. The first kappa shape index (κ1) is 20.2. The Morgan fingerprint density at radius 1 is 1.00 bits per heavy atom. The summed E-state index contributed by atoms with van der Waals surface area (Å²) in [5.74, 6) is 0.787. The monoisotopic (exact) mass is 386 g/mol. The average molecular weight is 386 g/mol.